The van der Waals surface area contributed by atoms with Gasteiger partial charge in [0.25, 0.3) is 0 Å². The van der Waals surface area contributed by atoms with Crippen molar-refractivity contribution in [1.29, 1.82) is 0 Å². The number of thioether (sulfide) groups is 1. The average molecular weight is 188 g/mol. The van der Waals surface area contributed by atoms with E-state index < -0.39 is 0 Å². The molecule has 0 atom stereocenters. The zero-order valence-corrected chi connectivity index (χ0v) is 7.77. The van der Waals surface area contributed by atoms with Gasteiger partial charge in [0.15, 0.2) is 0 Å². The molecular weight excluding hydrogens is 180 g/mol. The van der Waals surface area contributed by atoms with Crippen molar-refractivity contribution < 1.29 is 0 Å². The van der Waals surface area contributed by atoms with Crippen LogP contribution in [0.25, 0.3) is 17.3 Å². The lowest BCUT2D eigenvalue weighted by Crippen LogP contribution is -1.87. The van der Waals surface area contributed by atoms with E-state index >= 15 is 0 Å². The van der Waals surface area contributed by atoms with Gasteiger partial charge in [-0.25, -0.2) is 4.98 Å². The molecule has 0 spiro atoms. The molecule has 0 aromatic carbocycles. The monoisotopic (exact) mass is 188 g/mol. The Bertz CT molecular complexity index is 444. The highest BCUT2D eigenvalue weighted by atomic mass is 32.2. The summed E-state index contributed by atoms with van der Waals surface area (Å²) in [4.78, 5) is 7.26. The fourth-order valence-electron chi connectivity index (χ4n) is 1.70. The Hall–Kier alpha value is -1.22. The van der Waals surface area contributed by atoms with E-state index in [-0.39, 0.29) is 0 Å². The Kier molecular flexibility index (Phi) is 1.46. The van der Waals surface area contributed by atoms with Gasteiger partial charge in [0.05, 0.1) is 12.0 Å². The molecule has 13 heavy (non-hydrogen) atoms. The zero-order chi connectivity index (χ0) is 8.67. The van der Waals surface area contributed by atoms with Gasteiger partial charge in [0.1, 0.15) is 0 Å². The lowest BCUT2D eigenvalue weighted by atomic mass is 10.2. The summed E-state index contributed by atoms with van der Waals surface area (Å²) in [6.45, 7) is 0. The molecule has 3 heteroatoms. The van der Waals surface area contributed by atoms with E-state index in [2.05, 4.69) is 27.5 Å². The molecule has 0 saturated carbocycles. The summed E-state index contributed by atoms with van der Waals surface area (Å²) in [6.07, 6.45) is 5.81. The van der Waals surface area contributed by atoms with Crippen LogP contribution >= 0.6 is 11.8 Å². The van der Waals surface area contributed by atoms with Crippen LogP contribution in [0.2, 0.25) is 0 Å². The molecule has 2 nitrogen and oxygen atoms in total. The first kappa shape index (κ1) is 7.21. The lowest BCUT2D eigenvalue weighted by Gasteiger charge is -2.04. The number of fused-ring (bicyclic) bond motifs is 3. The highest BCUT2D eigenvalue weighted by Gasteiger charge is 2.15. The second kappa shape index (κ2) is 2.64. The number of hydrogen-bond donors (Lipinski definition) is 1. The van der Waals surface area contributed by atoms with E-state index in [1.54, 1.807) is 6.33 Å². The lowest BCUT2D eigenvalue weighted by molar-refractivity contribution is 1.17. The molecule has 2 aliphatic heterocycles. The van der Waals surface area contributed by atoms with Gasteiger partial charge in [-0.05, 0) is 23.1 Å². The Morgan fingerprint density at radius 1 is 1.46 bits per heavy atom. The molecule has 1 N–H and O–H groups in total. The quantitative estimate of drug-likeness (QED) is 0.688. The zero-order valence-electron chi connectivity index (χ0n) is 6.95. The maximum absolute atomic E-state index is 4.07. The molecule has 0 unspecified atom stereocenters. The molecule has 64 valence electrons. The van der Waals surface area contributed by atoms with Crippen LogP contribution in [0.1, 0.15) is 11.1 Å². The Morgan fingerprint density at radius 3 is 3.46 bits per heavy atom. The number of nitrogens with one attached hydrogen (secondary N) is 1. The first-order chi connectivity index (χ1) is 6.45. The van der Waals surface area contributed by atoms with E-state index in [1.165, 1.54) is 22.4 Å². The van der Waals surface area contributed by atoms with Gasteiger partial charge in [-0.1, -0.05) is 0 Å². The minimum Gasteiger partial charge on any atom is -0.345 e. The molecule has 0 fully saturated rings. The van der Waals surface area contributed by atoms with Crippen molar-refractivity contribution in [2.75, 3.05) is 0 Å². The Balaban J connectivity index is 2.35. The number of rotatable bonds is 0. The van der Waals surface area contributed by atoms with Crippen LogP contribution in [0.3, 0.4) is 0 Å². The van der Waals surface area contributed by atoms with Gasteiger partial charge >= 0.3 is 0 Å². The predicted octanol–water partition coefficient (Wildman–Crippen LogP) is 2.73. The SMILES string of the molecule is C1=Cc2c(cc3cnc[nH]c2-3)CS1. The van der Waals surface area contributed by atoms with Gasteiger partial charge in [-0.2, -0.15) is 0 Å². The summed E-state index contributed by atoms with van der Waals surface area (Å²) in [5.41, 5.74) is 5.16. The van der Waals surface area contributed by atoms with Crippen molar-refractivity contribution in [3.05, 3.63) is 35.1 Å². The predicted molar refractivity (Wildman–Crippen MR) is 55.5 cm³/mol. The second-order valence-corrected chi connectivity index (χ2v) is 3.97. The van der Waals surface area contributed by atoms with Gasteiger partial charge in [0.2, 0.25) is 0 Å². The van der Waals surface area contributed by atoms with Gasteiger partial charge in [-0.15, -0.1) is 11.8 Å². The average Bonchev–Trinajstić information content (AvgIpc) is 2.56. The van der Waals surface area contributed by atoms with Gasteiger partial charge in [-0.3, -0.25) is 0 Å². The van der Waals surface area contributed by atoms with Crippen molar-refractivity contribution in [1.82, 2.24) is 9.97 Å². The molecule has 0 radical (unpaired) electrons. The molecule has 2 heterocycles. The maximum atomic E-state index is 4.07. The molecule has 0 aromatic rings. The van der Waals surface area contributed by atoms with Crippen LogP contribution < -0.4 is 0 Å². The normalized spacial score (nSPS) is 14.8. The third-order valence-electron chi connectivity index (χ3n) is 2.30. The number of aromatic nitrogens is 2. The van der Waals surface area contributed by atoms with E-state index in [1.807, 2.05) is 18.0 Å². The van der Waals surface area contributed by atoms with Crippen molar-refractivity contribution in [2.45, 2.75) is 5.75 Å². The van der Waals surface area contributed by atoms with Crippen LogP contribution in [-0.4, -0.2) is 9.97 Å². The number of H-pyrrole nitrogens is 1. The van der Waals surface area contributed by atoms with Crippen molar-refractivity contribution in [3.8, 4) is 11.3 Å². The van der Waals surface area contributed by atoms with Gasteiger partial charge in [0, 0.05) is 23.1 Å². The molecule has 0 saturated heterocycles. The molecule has 1 aliphatic carbocycles. The van der Waals surface area contributed by atoms with Crippen molar-refractivity contribution >= 4 is 17.8 Å². The molecule has 0 bridgehead atoms. The summed E-state index contributed by atoms with van der Waals surface area (Å²) in [6, 6.07) is 2.21. The topological polar surface area (TPSA) is 28.7 Å². The van der Waals surface area contributed by atoms with Crippen LogP contribution in [0.4, 0.5) is 0 Å². The standard InChI is InChI=1S/C10H8N2S/c1-2-13-5-8-3-7-4-11-6-12-10(7)9(1)8/h1-4,6H,5H2,(H,11,12). The summed E-state index contributed by atoms with van der Waals surface area (Å²) >= 11 is 1.84. The van der Waals surface area contributed by atoms with Crippen LogP contribution in [0.5, 0.6) is 0 Å². The third-order valence-corrected chi connectivity index (χ3v) is 3.11. The maximum Gasteiger partial charge on any atom is 0.0923 e. The second-order valence-electron chi connectivity index (χ2n) is 3.08. The highest BCUT2D eigenvalue weighted by molar-refractivity contribution is 8.01. The van der Waals surface area contributed by atoms with E-state index in [4.69, 9.17) is 0 Å². The van der Waals surface area contributed by atoms with E-state index in [0.717, 1.165) is 5.75 Å². The van der Waals surface area contributed by atoms with E-state index in [9.17, 15) is 0 Å². The first-order valence-corrected chi connectivity index (χ1v) is 5.22. The van der Waals surface area contributed by atoms with Crippen LogP contribution in [-0.2, 0) is 5.75 Å². The minimum absolute atomic E-state index is 1.08. The molecule has 3 aliphatic rings. The summed E-state index contributed by atoms with van der Waals surface area (Å²) in [7, 11) is 0. The molecular formula is C10H8N2S. The number of nitrogens with zero attached hydrogens (tertiary/aromatic N) is 1. The van der Waals surface area contributed by atoms with Gasteiger partial charge < -0.3 is 4.98 Å². The summed E-state index contributed by atoms with van der Waals surface area (Å²) in [5.74, 6) is 1.08. The molecule has 0 amide bonds. The van der Waals surface area contributed by atoms with Crippen molar-refractivity contribution in [3.63, 3.8) is 0 Å². The first-order valence-electron chi connectivity index (χ1n) is 4.17. The van der Waals surface area contributed by atoms with Crippen LogP contribution in [0, 0.1) is 0 Å². The summed E-state index contributed by atoms with van der Waals surface area (Å²) < 4.78 is 0. The smallest absolute Gasteiger partial charge is 0.0923 e. The number of aromatic amines is 1. The number of hydrogen-bond acceptors (Lipinski definition) is 2. The largest absolute Gasteiger partial charge is 0.345 e. The minimum atomic E-state index is 1.08. The molecule has 0 aromatic heterocycles. The van der Waals surface area contributed by atoms with Crippen LogP contribution in [0.15, 0.2) is 24.0 Å². The van der Waals surface area contributed by atoms with Crippen molar-refractivity contribution in [2.24, 2.45) is 0 Å². The fourth-order valence-corrected chi connectivity index (χ4v) is 2.45. The Labute approximate surface area is 80.4 Å². The fraction of sp³-hybridized carbons (Fsp3) is 0.100. The Morgan fingerprint density at radius 2 is 2.46 bits per heavy atom. The highest BCUT2D eigenvalue weighted by Crippen LogP contribution is 2.36. The van der Waals surface area contributed by atoms with E-state index in [0.29, 0.717) is 0 Å². The summed E-state index contributed by atoms with van der Waals surface area (Å²) in [5, 5.41) is 2.15. The molecule has 3 rings (SSSR count). The third kappa shape index (κ3) is 1.00.